The van der Waals surface area contributed by atoms with E-state index in [4.69, 9.17) is 4.98 Å². The fourth-order valence-corrected chi connectivity index (χ4v) is 6.32. The standard InChI is InChI=1S/C26H32N6O/c1-31-9-11-32(12-10-31)20-5-6-22(27-17-20)29-25-28-16-19-13-18-14-21(33)15-26(7-3-2-4-8-26)23(18)24(19)30-25/h5-6,16-17H,2-4,7-15H2,1H3,(H,27,28,29,30). The number of aromatic nitrogens is 3. The van der Waals surface area contributed by atoms with Crippen LogP contribution >= 0.6 is 0 Å². The van der Waals surface area contributed by atoms with Gasteiger partial charge in [-0.3, -0.25) is 4.79 Å². The summed E-state index contributed by atoms with van der Waals surface area (Å²) in [7, 11) is 2.17. The molecule has 0 radical (unpaired) electrons. The molecule has 7 nitrogen and oxygen atoms in total. The van der Waals surface area contributed by atoms with Gasteiger partial charge in [-0.25, -0.2) is 15.0 Å². The number of nitrogens with one attached hydrogen (secondary N) is 1. The average Bonchev–Trinajstić information content (AvgIpc) is 3.19. The van der Waals surface area contributed by atoms with Gasteiger partial charge in [0.15, 0.2) is 0 Å². The molecule has 3 heterocycles. The SMILES string of the molecule is CN1CCN(c2ccc(Nc3ncc4c(n3)C3=C(CC(=O)CC35CCCCC5)C4)nc2)CC1. The molecular weight excluding hydrogens is 412 g/mol. The Morgan fingerprint density at radius 3 is 2.55 bits per heavy atom. The number of allylic oxidation sites excluding steroid dienone is 2. The van der Waals surface area contributed by atoms with Gasteiger partial charge in [0.05, 0.1) is 17.6 Å². The van der Waals surface area contributed by atoms with Gasteiger partial charge in [0.2, 0.25) is 5.95 Å². The largest absolute Gasteiger partial charge is 0.368 e. The van der Waals surface area contributed by atoms with Gasteiger partial charge in [-0.1, -0.05) is 24.8 Å². The summed E-state index contributed by atoms with van der Waals surface area (Å²) in [5, 5.41) is 3.32. The summed E-state index contributed by atoms with van der Waals surface area (Å²) in [6, 6.07) is 4.13. The summed E-state index contributed by atoms with van der Waals surface area (Å²) < 4.78 is 0. The monoisotopic (exact) mass is 444 g/mol. The van der Waals surface area contributed by atoms with Gasteiger partial charge in [0, 0.05) is 56.2 Å². The number of nitrogens with zero attached hydrogens (tertiary/aromatic N) is 5. The van der Waals surface area contributed by atoms with Crippen LogP contribution in [0.1, 0.15) is 56.2 Å². The Labute approximate surface area is 195 Å². The number of pyridine rings is 1. The first kappa shape index (κ1) is 20.8. The first-order valence-electron chi connectivity index (χ1n) is 12.4. The van der Waals surface area contributed by atoms with Crippen molar-refractivity contribution in [2.75, 3.05) is 43.4 Å². The average molecular weight is 445 g/mol. The van der Waals surface area contributed by atoms with Gasteiger partial charge in [-0.15, -0.1) is 0 Å². The minimum atomic E-state index is 0.00218. The molecule has 0 amide bonds. The zero-order valence-corrected chi connectivity index (χ0v) is 19.4. The molecule has 1 aliphatic heterocycles. The van der Waals surface area contributed by atoms with Crippen LogP contribution in [0, 0.1) is 5.41 Å². The summed E-state index contributed by atoms with van der Waals surface area (Å²) in [4.78, 5) is 31.5. The number of piperazine rings is 1. The second-order valence-electron chi connectivity index (χ2n) is 10.3. The first-order valence-corrected chi connectivity index (χ1v) is 12.4. The van der Waals surface area contributed by atoms with Crippen LogP contribution in [-0.2, 0) is 11.2 Å². The molecule has 1 saturated heterocycles. The van der Waals surface area contributed by atoms with E-state index >= 15 is 0 Å². The van der Waals surface area contributed by atoms with Crippen molar-refractivity contribution in [1.82, 2.24) is 19.9 Å². The topological polar surface area (TPSA) is 74.2 Å². The van der Waals surface area contributed by atoms with E-state index in [0.29, 0.717) is 24.6 Å². The maximum atomic E-state index is 12.6. The molecule has 7 heteroatoms. The Bertz CT molecular complexity index is 1090. The van der Waals surface area contributed by atoms with E-state index < -0.39 is 0 Å². The van der Waals surface area contributed by atoms with Crippen molar-refractivity contribution in [1.29, 1.82) is 0 Å². The second kappa shape index (κ2) is 8.20. The molecule has 0 aromatic carbocycles. The molecule has 6 rings (SSSR count). The van der Waals surface area contributed by atoms with Gasteiger partial charge in [-0.2, -0.15) is 0 Å². The summed E-state index contributed by atoms with van der Waals surface area (Å²) in [6.45, 7) is 4.21. The molecular formula is C26H32N6O. The predicted octanol–water partition coefficient (Wildman–Crippen LogP) is 3.99. The maximum absolute atomic E-state index is 12.6. The molecule has 33 heavy (non-hydrogen) atoms. The van der Waals surface area contributed by atoms with E-state index in [-0.39, 0.29) is 5.41 Å². The number of Topliss-reactive ketones (excluding diaryl/α,β-unsaturated/α-hetero) is 1. The molecule has 172 valence electrons. The summed E-state index contributed by atoms with van der Waals surface area (Å²) >= 11 is 0. The molecule has 0 bridgehead atoms. The van der Waals surface area contributed by atoms with E-state index in [2.05, 4.69) is 38.2 Å². The van der Waals surface area contributed by atoms with Crippen LogP contribution in [0.3, 0.4) is 0 Å². The number of fused-ring (bicyclic) bond motifs is 3. The zero-order valence-electron chi connectivity index (χ0n) is 19.4. The Hall–Kier alpha value is -2.80. The molecule has 0 unspecified atom stereocenters. The van der Waals surface area contributed by atoms with Crippen LogP contribution in [0.15, 0.2) is 30.1 Å². The number of hydrogen-bond acceptors (Lipinski definition) is 7. The minimum absolute atomic E-state index is 0.00218. The number of carbonyl (C=O) groups is 1. The first-order chi connectivity index (χ1) is 16.1. The van der Waals surface area contributed by atoms with Crippen LogP contribution < -0.4 is 10.2 Å². The summed E-state index contributed by atoms with van der Waals surface area (Å²) in [5.41, 5.74) is 6.08. The van der Waals surface area contributed by atoms with Crippen molar-refractivity contribution in [3.63, 3.8) is 0 Å². The molecule has 1 spiro atoms. The number of anilines is 3. The minimum Gasteiger partial charge on any atom is -0.368 e. The lowest BCUT2D eigenvalue weighted by molar-refractivity contribution is -0.120. The fraction of sp³-hybridized carbons (Fsp3) is 0.538. The third-order valence-corrected chi connectivity index (χ3v) is 8.00. The van der Waals surface area contributed by atoms with Crippen molar-refractivity contribution in [3.8, 4) is 0 Å². The molecule has 0 atom stereocenters. The van der Waals surface area contributed by atoms with Crippen molar-refractivity contribution in [2.45, 2.75) is 51.4 Å². The number of rotatable bonds is 3. The van der Waals surface area contributed by atoms with Crippen molar-refractivity contribution in [2.24, 2.45) is 5.41 Å². The van der Waals surface area contributed by atoms with E-state index in [1.807, 2.05) is 18.5 Å². The summed E-state index contributed by atoms with van der Waals surface area (Å²) in [6.07, 6.45) is 11.9. The third-order valence-electron chi connectivity index (χ3n) is 8.00. The lowest BCUT2D eigenvalue weighted by Gasteiger charge is -2.41. The van der Waals surface area contributed by atoms with Gasteiger partial charge in [-0.05, 0) is 44.0 Å². The summed E-state index contributed by atoms with van der Waals surface area (Å²) in [5.74, 6) is 1.75. The van der Waals surface area contributed by atoms with Gasteiger partial charge in [0.25, 0.3) is 0 Å². The highest BCUT2D eigenvalue weighted by molar-refractivity contribution is 5.93. The predicted molar refractivity (Wildman–Crippen MR) is 130 cm³/mol. The molecule has 2 aromatic heterocycles. The van der Waals surface area contributed by atoms with Gasteiger partial charge < -0.3 is 15.1 Å². The highest BCUT2D eigenvalue weighted by Gasteiger charge is 2.46. The molecule has 1 N–H and O–H groups in total. The van der Waals surface area contributed by atoms with Crippen LogP contribution in [-0.4, -0.2) is 58.9 Å². The number of hydrogen-bond donors (Lipinski definition) is 1. The molecule has 2 aromatic rings. The molecule has 2 fully saturated rings. The quantitative estimate of drug-likeness (QED) is 0.767. The van der Waals surface area contributed by atoms with E-state index in [9.17, 15) is 4.79 Å². The number of carbonyl (C=O) groups excluding carboxylic acids is 1. The molecule has 4 aliphatic rings. The Morgan fingerprint density at radius 1 is 0.970 bits per heavy atom. The number of ketones is 1. The van der Waals surface area contributed by atoms with Crippen LogP contribution in [0.5, 0.6) is 0 Å². The van der Waals surface area contributed by atoms with Gasteiger partial charge in [0.1, 0.15) is 11.6 Å². The number of likely N-dealkylation sites (N-methyl/N-ethyl adjacent to an activating group) is 1. The van der Waals surface area contributed by atoms with Crippen LogP contribution in [0.2, 0.25) is 0 Å². The third kappa shape index (κ3) is 3.82. The maximum Gasteiger partial charge on any atom is 0.228 e. The van der Waals surface area contributed by atoms with Crippen LogP contribution in [0.4, 0.5) is 17.5 Å². The molecule has 3 aliphatic carbocycles. The Kier molecular flexibility index (Phi) is 5.17. The lowest BCUT2D eigenvalue weighted by Crippen LogP contribution is -2.44. The van der Waals surface area contributed by atoms with Crippen molar-refractivity contribution < 1.29 is 4.79 Å². The normalized spacial score (nSPS) is 22.5. The zero-order chi connectivity index (χ0) is 22.4. The Morgan fingerprint density at radius 2 is 1.79 bits per heavy atom. The smallest absolute Gasteiger partial charge is 0.228 e. The van der Waals surface area contributed by atoms with Crippen molar-refractivity contribution in [3.05, 3.63) is 41.4 Å². The molecule has 1 saturated carbocycles. The van der Waals surface area contributed by atoms with E-state index in [0.717, 1.165) is 62.6 Å². The van der Waals surface area contributed by atoms with Crippen LogP contribution in [0.25, 0.3) is 5.57 Å². The highest BCUT2D eigenvalue weighted by Crippen LogP contribution is 2.56. The van der Waals surface area contributed by atoms with E-state index in [1.54, 1.807) is 0 Å². The van der Waals surface area contributed by atoms with Crippen molar-refractivity contribution >= 4 is 28.8 Å². The lowest BCUT2D eigenvalue weighted by atomic mass is 9.62. The fourth-order valence-electron chi connectivity index (χ4n) is 6.32. The van der Waals surface area contributed by atoms with E-state index in [1.165, 1.54) is 36.0 Å². The second-order valence-corrected chi connectivity index (χ2v) is 10.3. The Balaban J connectivity index is 1.24. The van der Waals surface area contributed by atoms with Gasteiger partial charge >= 0.3 is 0 Å². The highest BCUT2D eigenvalue weighted by atomic mass is 16.1.